The molecule has 0 saturated carbocycles. The summed E-state index contributed by atoms with van der Waals surface area (Å²) in [5, 5.41) is 8.34. The predicted molar refractivity (Wildman–Crippen MR) is 108 cm³/mol. The van der Waals surface area contributed by atoms with E-state index >= 15 is 0 Å². The standard InChI is InChI=1S/C20H18ClN3S/c1-13-19(16-10-15(21)8-9-18(16)24(13)2)17-12-25-20(23-17)22-11-14-6-4-3-5-7-14/h3-10,12H,11H2,1-2H3,(H,22,23). The number of fused-ring (bicyclic) bond motifs is 1. The van der Waals surface area contributed by atoms with E-state index in [4.69, 9.17) is 16.6 Å². The van der Waals surface area contributed by atoms with Gasteiger partial charge in [-0.3, -0.25) is 0 Å². The second-order valence-corrected chi connectivity index (χ2v) is 7.35. The predicted octanol–water partition coefficient (Wildman–Crippen LogP) is 5.88. The molecule has 0 aliphatic rings. The van der Waals surface area contributed by atoms with Gasteiger partial charge in [0.2, 0.25) is 0 Å². The number of aryl methyl sites for hydroxylation is 1. The number of benzene rings is 2. The minimum absolute atomic E-state index is 0.747. The Balaban J connectivity index is 1.67. The number of anilines is 1. The zero-order valence-electron chi connectivity index (χ0n) is 14.1. The number of rotatable bonds is 4. The third-order valence-corrected chi connectivity index (χ3v) is 5.54. The molecule has 4 rings (SSSR count). The van der Waals surface area contributed by atoms with E-state index in [9.17, 15) is 0 Å². The summed E-state index contributed by atoms with van der Waals surface area (Å²) in [6.07, 6.45) is 0. The van der Waals surface area contributed by atoms with Gasteiger partial charge in [0.1, 0.15) is 0 Å². The third-order valence-electron chi connectivity index (χ3n) is 4.50. The van der Waals surface area contributed by atoms with Gasteiger partial charge in [0.05, 0.1) is 5.69 Å². The molecule has 0 amide bonds. The van der Waals surface area contributed by atoms with E-state index < -0.39 is 0 Å². The lowest BCUT2D eigenvalue weighted by atomic mass is 10.1. The number of thiazole rings is 1. The monoisotopic (exact) mass is 367 g/mol. The van der Waals surface area contributed by atoms with Crippen molar-refractivity contribution in [2.75, 3.05) is 5.32 Å². The van der Waals surface area contributed by atoms with Crippen molar-refractivity contribution >= 4 is 39.0 Å². The van der Waals surface area contributed by atoms with E-state index in [0.29, 0.717) is 0 Å². The Morgan fingerprint density at radius 1 is 1.16 bits per heavy atom. The summed E-state index contributed by atoms with van der Waals surface area (Å²) in [7, 11) is 2.08. The molecule has 0 aliphatic heterocycles. The molecule has 5 heteroatoms. The first-order valence-electron chi connectivity index (χ1n) is 8.11. The van der Waals surface area contributed by atoms with Gasteiger partial charge < -0.3 is 9.88 Å². The smallest absolute Gasteiger partial charge is 0.183 e. The van der Waals surface area contributed by atoms with Crippen LogP contribution in [-0.4, -0.2) is 9.55 Å². The van der Waals surface area contributed by atoms with Crippen LogP contribution in [0.1, 0.15) is 11.3 Å². The first-order chi connectivity index (χ1) is 12.1. The lowest BCUT2D eigenvalue weighted by Gasteiger charge is -2.02. The average molecular weight is 368 g/mol. The van der Waals surface area contributed by atoms with Crippen molar-refractivity contribution in [3.63, 3.8) is 0 Å². The van der Waals surface area contributed by atoms with Gasteiger partial charge >= 0.3 is 0 Å². The Labute approximate surface area is 155 Å². The van der Waals surface area contributed by atoms with Crippen molar-refractivity contribution in [1.82, 2.24) is 9.55 Å². The van der Waals surface area contributed by atoms with Crippen LogP contribution >= 0.6 is 22.9 Å². The largest absolute Gasteiger partial charge is 0.357 e. The highest BCUT2D eigenvalue weighted by Gasteiger charge is 2.16. The van der Waals surface area contributed by atoms with Crippen molar-refractivity contribution in [2.45, 2.75) is 13.5 Å². The highest BCUT2D eigenvalue weighted by atomic mass is 35.5. The maximum absolute atomic E-state index is 6.22. The number of hydrogen-bond donors (Lipinski definition) is 1. The van der Waals surface area contributed by atoms with Crippen molar-refractivity contribution in [3.8, 4) is 11.3 Å². The van der Waals surface area contributed by atoms with Crippen LogP contribution < -0.4 is 5.32 Å². The van der Waals surface area contributed by atoms with Crippen LogP contribution in [0.2, 0.25) is 5.02 Å². The van der Waals surface area contributed by atoms with Crippen molar-refractivity contribution in [2.24, 2.45) is 7.05 Å². The minimum atomic E-state index is 0.747. The molecule has 0 fully saturated rings. The van der Waals surface area contributed by atoms with E-state index in [1.54, 1.807) is 11.3 Å². The summed E-state index contributed by atoms with van der Waals surface area (Å²) in [5.74, 6) is 0. The third kappa shape index (κ3) is 3.03. The molecule has 2 aromatic heterocycles. The van der Waals surface area contributed by atoms with Gasteiger partial charge in [0.15, 0.2) is 5.13 Å². The van der Waals surface area contributed by atoms with E-state index in [-0.39, 0.29) is 0 Å². The Hall–Kier alpha value is -2.30. The molecular formula is C20H18ClN3S. The first kappa shape index (κ1) is 16.2. The van der Waals surface area contributed by atoms with Crippen LogP contribution in [0.3, 0.4) is 0 Å². The molecule has 0 atom stereocenters. The molecular weight excluding hydrogens is 350 g/mol. The fraction of sp³-hybridized carbons (Fsp3) is 0.150. The normalized spacial score (nSPS) is 11.2. The van der Waals surface area contributed by atoms with Gasteiger partial charge in [0.25, 0.3) is 0 Å². The van der Waals surface area contributed by atoms with Crippen LogP contribution in [0.4, 0.5) is 5.13 Å². The summed E-state index contributed by atoms with van der Waals surface area (Å²) in [5.41, 5.74) is 5.75. The van der Waals surface area contributed by atoms with E-state index in [2.05, 4.69) is 47.4 Å². The fourth-order valence-electron chi connectivity index (χ4n) is 3.11. The van der Waals surface area contributed by atoms with E-state index in [1.165, 1.54) is 16.8 Å². The second kappa shape index (κ2) is 6.54. The SMILES string of the molecule is Cc1c(-c2csc(NCc3ccccc3)n2)c2cc(Cl)ccc2n1C. The summed E-state index contributed by atoms with van der Waals surface area (Å²) < 4.78 is 2.19. The molecule has 2 aromatic carbocycles. The average Bonchev–Trinajstić information content (AvgIpc) is 3.17. The number of nitrogens with zero attached hydrogens (tertiary/aromatic N) is 2. The highest BCUT2D eigenvalue weighted by Crippen LogP contribution is 2.36. The maximum Gasteiger partial charge on any atom is 0.183 e. The molecule has 0 spiro atoms. The second-order valence-electron chi connectivity index (χ2n) is 6.06. The molecule has 25 heavy (non-hydrogen) atoms. The van der Waals surface area contributed by atoms with Gasteiger partial charge in [-0.25, -0.2) is 4.98 Å². The van der Waals surface area contributed by atoms with E-state index in [1.807, 2.05) is 30.3 Å². The summed E-state index contributed by atoms with van der Waals surface area (Å²) in [4.78, 5) is 4.80. The molecule has 0 aliphatic carbocycles. The molecule has 0 saturated heterocycles. The lowest BCUT2D eigenvalue weighted by Crippen LogP contribution is -1.98. The van der Waals surface area contributed by atoms with Crippen LogP contribution in [0.5, 0.6) is 0 Å². The number of hydrogen-bond acceptors (Lipinski definition) is 3. The van der Waals surface area contributed by atoms with Crippen molar-refractivity contribution in [3.05, 3.63) is 70.2 Å². The summed E-state index contributed by atoms with van der Waals surface area (Å²) in [6, 6.07) is 16.4. The molecule has 126 valence electrons. The molecule has 2 heterocycles. The first-order valence-corrected chi connectivity index (χ1v) is 9.37. The molecule has 1 N–H and O–H groups in total. The Kier molecular flexibility index (Phi) is 4.24. The molecule has 0 unspecified atom stereocenters. The number of nitrogens with one attached hydrogen (secondary N) is 1. The quantitative estimate of drug-likeness (QED) is 0.488. The zero-order chi connectivity index (χ0) is 17.4. The lowest BCUT2D eigenvalue weighted by molar-refractivity contribution is 0.919. The molecule has 0 radical (unpaired) electrons. The van der Waals surface area contributed by atoms with Gasteiger partial charge in [-0.2, -0.15) is 0 Å². The molecule has 4 aromatic rings. The topological polar surface area (TPSA) is 29.9 Å². The van der Waals surface area contributed by atoms with Gasteiger partial charge in [0, 0.05) is 46.2 Å². The van der Waals surface area contributed by atoms with Crippen LogP contribution in [0.15, 0.2) is 53.9 Å². The van der Waals surface area contributed by atoms with Crippen LogP contribution in [0.25, 0.3) is 22.2 Å². The fourth-order valence-corrected chi connectivity index (χ4v) is 3.98. The summed E-state index contributed by atoms with van der Waals surface area (Å²) >= 11 is 7.85. The highest BCUT2D eigenvalue weighted by molar-refractivity contribution is 7.14. The maximum atomic E-state index is 6.22. The van der Waals surface area contributed by atoms with E-state index in [0.717, 1.165) is 33.3 Å². The van der Waals surface area contributed by atoms with Crippen LogP contribution in [0, 0.1) is 6.92 Å². The number of halogens is 1. The minimum Gasteiger partial charge on any atom is -0.357 e. The Morgan fingerprint density at radius 2 is 1.96 bits per heavy atom. The Morgan fingerprint density at radius 3 is 2.76 bits per heavy atom. The van der Waals surface area contributed by atoms with Crippen molar-refractivity contribution in [1.29, 1.82) is 0 Å². The molecule has 3 nitrogen and oxygen atoms in total. The van der Waals surface area contributed by atoms with Gasteiger partial charge in [-0.15, -0.1) is 11.3 Å². The summed E-state index contributed by atoms with van der Waals surface area (Å²) in [6.45, 7) is 2.90. The van der Waals surface area contributed by atoms with Crippen molar-refractivity contribution < 1.29 is 0 Å². The number of aromatic nitrogens is 2. The Bertz CT molecular complexity index is 1030. The van der Waals surface area contributed by atoms with Gasteiger partial charge in [-0.05, 0) is 30.7 Å². The molecule has 0 bridgehead atoms. The van der Waals surface area contributed by atoms with Crippen LogP contribution in [-0.2, 0) is 13.6 Å². The zero-order valence-corrected chi connectivity index (χ0v) is 15.7. The van der Waals surface area contributed by atoms with Gasteiger partial charge in [-0.1, -0.05) is 41.9 Å².